The van der Waals surface area contributed by atoms with Crippen molar-refractivity contribution in [1.82, 2.24) is 5.32 Å². The Balaban J connectivity index is 0.000000934. The van der Waals surface area contributed by atoms with E-state index in [0.717, 1.165) is 11.1 Å². The maximum atomic E-state index is 10.5. The molecule has 3 nitrogen and oxygen atoms in total. The van der Waals surface area contributed by atoms with Crippen molar-refractivity contribution in [2.24, 2.45) is 5.41 Å². The lowest BCUT2D eigenvalue weighted by molar-refractivity contribution is -0.131. The summed E-state index contributed by atoms with van der Waals surface area (Å²) >= 11 is 0. The van der Waals surface area contributed by atoms with E-state index in [1.54, 1.807) is 13.0 Å². The van der Waals surface area contributed by atoms with Crippen molar-refractivity contribution >= 4 is 5.97 Å². The third kappa shape index (κ3) is 9.25. The number of carbonyl (C=O) groups is 1. The summed E-state index contributed by atoms with van der Waals surface area (Å²) in [7, 11) is 0. The van der Waals surface area contributed by atoms with Gasteiger partial charge in [-0.25, -0.2) is 4.79 Å². The molecule has 2 rings (SSSR count). The van der Waals surface area contributed by atoms with Crippen LogP contribution in [0.4, 0.5) is 0 Å². The highest BCUT2D eigenvalue weighted by molar-refractivity contribution is 5.81. The van der Waals surface area contributed by atoms with Gasteiger partial charge in [0.2, 0.25) is 0 Å². The molecule has 1 aliphatic carbocycles. The lowest BCUT2D eigenvalue weighted by atomic mass is 9.72. The van der Waals surface area contributed by atoms with Gasteiger partial charge in [0, 0.05) is 19.2 Å². The van der Waals surface area contributed by atoms with Gasteiger partial charge in [-0.1, -0.05) is 55.4 Å². The van der Waals surface area contributed by atoms with E-state index in [1.165, 1.54) is 49.6 Å². The van der Waals surface area contributed by atoms with Gasteiger partial charge in [0.1, 0.15) is 0 Å². The zero-order chi connectivity index (χ0) is 18.9. The van der Waals surface area contributed by atoms with Gasteiger partial charge in [0.25, 0.3) is 0 Å². The highest BCUT2D eigenvalue weighted by atomic mass is 16.4. The van der Waals surface area contributed by atoms with Crippen LogP contribution in [-0.2, 0) is 4.79 Å². The van der Waals surface area contributed by atoms with Gasteiger partial charge in [0.05, 0.1) is 0 Å². The average Bonchev–Trinajstić information content (AvgIpc) is 3.33. The summed E-state index contributed by atoms with van der Waals surface area (Å²) in [5.41, 5.74) is 5.09. The van der Waals surface area contributed by atoms with Crippen molar-refractivity contribution in [2.45, 2.75) is 53.9 Å². The second kappa shape index (κ2) is 10.2. The van der Waals surface area contributed by atoms with E-state index in [4.69, 9.17) is 5.11 Å². The number of nitrogens with one attached hydrogen (secondary N) is 1. The fourth-order valence-corrected chi connectivity index (χ4v) is 2.88. The predicted molar refractivity (Wildman–Crippen MR) is 107 cm³/mol. The van der Waals surface area contributed by atoms with Gasteiger partial charge in [-0.2, -0.15) is 0 Å². The van der Waals surface area contributed by atoms with E-state index >= 15 is 0 Å². The second-order valence-electron chi connectivity index (χ2n) is 7.51. The van der Waals surface area contributed by atoms with Crippen LogP contribution >= 0.6 is 0 Å². The Kier molecular flexibility index (Phi) is 8.64. The van der Waals surface area contributed by atoms with E-state index in [9.17, 15) is 4.79 Å². The fraction of sp³-hybridized carbons (Fsp3) is 0.500. The van der Waals surface area contributed by atoms with E-state index < -0.39 is 5.97 Å². The maximum absolute atomic E-state index is 10.5. The standard InChI is InChI=1S/C20H28O2.C2H5N/c1-15(8-6-9-16(2)14-19(21)22)11-12-18-17(3)10-7-13-20(18,4)5;1-2-3-1/h6,8-9,11-12,14H,7,10,13H2,1-5H3,(H,21,22);3H,1-2H2. The topological polar surface area (TPSA) is 59.2 Å². The maximum Gasteiger partial charge on any atom is 0.328 e. The first-order chi connectivity index (χ1) is 11.7. The number of hydrogen-bond acceptors (Lipinski definition) is 2. The first kappa shape index (κ1) is 21.2. The molecule has 25 heavy (non-hydrogen) atoms. The van der Waals surface area contributed by atoms with Gasteiger partial charge < -0.3 is 10.4 Å². The van der Waals surface area contributed by atoms with Gasteiger partial charge >= 0.3 is 5.97 Å². The van der Waals surface area contributed by atoms with Crippen molar-refractivity contribution in [3.8, 4) is 0 Å². The quantitative estimate of drug-likeness (QED) is 0.410. The Hall–Kier alpha value is -1.87. The van der Waals surface area contributed by atoms with Gasteiger partial charge in [-0.3, -0.25) is 0 Å². The Morgan fingerprint density at radius 3 is 2.32 bits per heavy atom. The minimum atomic E-state index is -0.912. The van der Waals surface area contributed by atoms with Crippen molar-refractivity contribution < 1.29 is 9.90 Å². The molecule has 0 aromatic carbocycles. The molecule has 2 N–H and O–H groups in total. The summed E-state index contributed by atoms with van der Waals surface area (Å²) in [5, 5.41) is 11.7. The molecule has 3 heteroatoms. The number of allylic oxidation sites excluding steroid dienone is 9. The van der Waals surface area contributed by atoms with Crippen molar-refractivity contribution in [1.29, 1.82) is 0 Å². The molecule has 0 radical (unpaired) electrons. The van der Waals surface area contributed by atoms with E-state index in [0.29, 0.717) is 0 Å². The molecule has 1 fully saturated rings. The minimum absolute atomic E-state index is 0.260. The minimum Gasteiger partial charge on any atom is -0.478 e. The first-order valence-corrected chi connectivity index (χ1v) is 9.07. The Morgan fingerprint density at radius 2 is 1.80 bits per heavy atom. The molecule has 2 aliphatic rings. The van der Waals surface area contributed by atoms with Crippen molar-refractivity contribution in [3.63, 3.8) is 0 Å². The van der Waals surface area contributed by atoms with Crippen molar-refractivity contribution in [2.75, 3.05) is 13.1 Å². The number of aliphatic carboxylic acids is 1. The van der Waals surface area contributed by atoms with Crippen LogP contribution in [0.2, 0.25) is 0 Å². The van der Waals surface area contributed by atoms with Crippen LogP contribution in [0.25, 0.3) is 0 Å². The number of carboxylic acids is 1. The molecule has 0 saturated carbocycles. The monoisotopic (exact) mass is 343 g/mol. The van der Waals surface area contributed by atoms with Crippen LogP contribution in [0.3, 0.4) is 0 Å². The number of rotatable bonds is 5. The van der Waals surface area contributed by atoms with Gasteiger partial charge in [-0.15, -0.1) is 0 Å². The SMILES string of the molecule is C1CN1.CC(C=CC1=C(C)CCCC1(C)C)=CC=CC(C)=CC(=O)O. The average molecular weight is 344 g/mol. The van der Waals surface area contributed by atoms with Crippen LogP contribution in [-0.4, -0.2) is 24.2 Å². The van der Waals surface area contributed by atoms with E-state index in [-0.39, 0.29) is 5.41 Å². The molecule has 1 heterocycles. The molecule has 1 saturated heterocycles. The highest BCUT2D eigenvalue weighted by Crippen LogP contribution is 2.40. The molecular formula is C22H33NO2. The third-order valence-corrected chi connectivity index (χ3v) is 4.37. The summed E-state index contributed by atoms with van der Waals surface area (Å²) in [6.07, 6.45) is 15.0. The van der Waals surface area contributed by atoms with E-state index in [1.807, 2.05) is 12.2 Å². The third-order valence-electron chi connectivity index (χ3n) is 4.37. The summed E-state index contributed by atoms with van der Waals surface area (Å²) in [4.78, 5) is 10.5. The number of hydrogen-bond donors (Lipinski definition) is 2. The fourth-order valence-electron chi connectivity index (χ4n) is 2.88. The summed E-state index contributed by atoms with van der Waals surface area (Å²) in [5.74, 6) is -0.912. The van der Waals surface area contributed by atoms with Gasteiger partial charge in [-0.05, 0) is 56.6 Å². The van der Waals surface area contributed by atoms with Crippen LogP contribution in [0, 0.1) is 5.41 Å². The largest absolute Gasteiger partial charge is 0.478 e. The molecule has 0 bridgehead atoms. The van der Waals surface area contributed by atoms with Crippen LogP contribution < -0.4 is 5.32 Å². The zero-order valence-corrected chi connectivity index (χ0v) is 16.4. The molecular weight excluding hydrogens is 310 g/mol. The Morgan fingerprint density at radius 1 is 1.16 bits per heavy atom. The Bertz CT molecular complexity index is 611. The van der Waals surface area contributed by atoms with E-state index in [2.05, 4.69) is 45.2 Å². The Labute approximate surface area is 152 Å². The normalized spacial score (nSPS) is 20.7. The molecule has 0 unspecified atom stereocenters. The summed E-state index contributed by atoms with van der Waals surface area (Å²) in [6, 6.07) is 0. The highest BCUT2D eigenvalue weighted by Gasteiger charge is 2.26. The second-order valence-corrected chi connectivity index (χ2v) is 7.51. The smallest absolute Gasteiger partial charge is 0.328 e. The first-order valence-electron chi connectivity index (χ1n) is 9.07. The lowest BCUT2D eigenvalue weighted by Gasteiger charge is -2.32. The molecule has 0 amide bonds. The lowest BCUT2D eigenvalue weighted by Crippen LogP contribution is -2.19. The zero-order valence-electron chi connectivity index (χ0n) is 16.4. The van der Waals surface area contributed by atoms with Crippen LogP contribution in [0.1, 0.15) is 53.9 Å². The van der Waals surface area contributed by atoms with Crippen LogP contribution in [0.15, 0.2) is 58.7 Å². The molecule has 0 spiro atoms. The molecule has 0 atom stereocenters. The van der Waals surface area contributed by atoms with Gasteiger partial charge in [0.15, 0.2) is 0 Å². The molecule has 0 aromatic heterocycles. The molecule has 0 aromatic rings. The van der Waals surface area contributed by atoms with Crippen molar-refractivity contribution in [3.05, 3.63) is 58.7 Å². The molecule has 138 valence electrons. The molecule has 1 aliphatic heterocycles. The summed E-state index contributed by atoms with van der Waals surface area (Å²) < 4.78 is 0. The summed E-state index contributed by atoms with van der Waals surface area (Å²) in [6.45, 7) is 13.2. The number of carboxylic acid groups (broad SMARTS) is 1. The predicted octanol–water partition coefficient (Wildman–Crippen LogP) is 5.19. The van der Waals surface area contributed by atoms with Crippen LogP contribution in [0.5, 0.6) is 0 Å².